The van der Waals surface area contributed by atoms with Crippen LogP contribution in [0.5, 0.6) is 0 Å². The highest BCUT2D eigenvalue weighted by molar-refractivity contribution is 5.74. The molecule has 2 unspecified atom stereocenters. The third kappa shape index (κ3) is 1.53. The summed E-state index contributed by atoms with van der Waals surface area (Å²) in [6, 6.07) is 0.0949. The number of carbonyl (C=O) groups excluding carboxylic acids is 1. The van der Waals surface area contributed by atoms with Gasteiger partial charge in [0.25, 0.3) is 0 Å². The van der Waals surface area contributed by atoms with E-state index < -0.39 is 0 Å². The molecule has 3 nitrogen and oxygen atoms in total. The molecular weight excluding hydrogens is 142 g/mol. The molecular formula is C8H15NO2. The van der Waals surface area contributed by atoms with Crippen LogP contribution in [0.1, 0.15) is 26.7 Å². The van der Waals surface area contributed by atoms with Gasteiger partial charge >= 0.3 is 0 Å². The van der Waals surface area contributed by atoms with E-state index in [1.807, 2.05) is 6.92 Å². The fourth-order valence-electron chi connectivity index (χ4n) is 1.47. The average molecular weight is 157 g/mol. The van der Waals surface area contributed by atoms with E-state index in [1.54, 1.807) is 11.8 Å². The Kier molecular flexibility index (Phi) is 2.49. The summed E-state index contributed by atoms with van der Waals surface area (Å²) in [5, 5.41) is 9.40. The highest BCUT2D eigenvalue weighted by atomic mass is 16.3. The molecule has 1 saturated heterocycles. The molecule has 3 heteroatoms. The predicted octanol–water partition coefficient (Wildman–Crippen LogP) is 0.378. The first-order valence-electron chi connectivity index (χ1n) is 4.12. The van der Waals surface area contributed by atoms with Crippen LogP contribution in [0.15, 0.2) is 0 Å². The second-order valence-corrected chi connectivity index (χ2v) is 3.04. The van der Waals surface area contributed by atoms with E-state index in [2.05, 4.69) is 0 Å². The number of hydrogen-bond donors (Lipinski definition) is 1. The van der Waals surface area contributed by atoms with Gasteiger partial charge in [0.1, 0.15) is 0 Å². The van der Waals surface area contributed by atoms with Crippen LogP contribution in [-0.2, 0) is 4.79 Å². The lowest BCUT2D eigenvalue weighted by molar-refractivity contribution is -0.141. The second kappa shape index (κ2) is 3.22. The minimum Gasteiger partial charge on any atom is -0.391 e. The summed E-state index contributed by atoms with van der Waals surface area (Å²) in [5.74, 6) is 0.0775. The van der Waals surface area contributed by atoms with Crippen LogP contribution >= 0.6 is 0 Å². The largest absolute Gasteiger partial charge is 0.391 e. The lowest BCUT2D eigenvalue weighted by Crippen LogP contribution is -2.55. The van der Waals surface area contributed by atoms with Crippen LogP contribution in [0.4, 0.5) is 0 Å². The smallest absolute Gasteiger partial charge is 0.219 e. The van der Waals surface area contributed by atoms with Gasteiger partial charge in [-0.1, -0.05) is 6.92 Å². The van der Waals surface area contributed by atoms with Gasteiger partial charge in [-0.3, -0.25) is 4.79 Å². The van der Waals surface area contributed by atoms with Crippen molar-refractivity contribution in [1.29, 1.82) is 0 Å². The van der Waals surface area contributed by atoms with Crippen molar-refractivity contribution < 1.29 is 9.90 Å². The molecule has 0 bridgehead atoms. The SMILES string of the molecule is CCC(O)C1CCN1C(C)=O. The van der Waals surface area contributed by atoms with Crippen molar-refractivity contribution in [3.63, 3.8) is 0 Å². The average Bonchev–Trinajstić information content (AvgIpc) is 1.83. The highest BCUT2D eigenvalue weighted by Crippen LogP contribution is 2.21. The quantitative estimate of drug-likeness (QED) is 0.629. The molecule has 0 spiro atoms. The topological polar surface area (TPSA) is 40.5 Å². The van der Waals surface area contributed by atoms with Gasteiger partial charge in [-0.25, -0.2) is 0 Å². The van der Waals surface area contributed by atoms with Crippen molar-refractivity contribution in [2.75, 3.05) is 6.54 Å². The summed E-state index contributed by atoms with van der Waals surface area (Å²) < 4.78 is 0. The first kappa shape index (κ1) is 8.53. The van der Waals surface area contributed by atoms with Crippen molar-refractivity contribution >= 4 is 5.91 Å². The number of hydrogen-bond acceptors (Lipinski definition) is 2. The zero-order chi connectivity index (χ0) is 8.43. The molecule has 11 heavy (non-hydrogen) atoms. The summed E-state index contributed by atoms with van der Waals surface area (Å²) in [6.07, 6.45) is 1.36. The van der Waals surface area contributed by atoms with Crippen LogP contribution < -0.4 is 0 Å². The summed E-state index contributed by atoms with van der Waals surface area (Å²) in [6.45, 7) is 4.30. The standard InChI is InChI=1S/C8H15NO2/c1-3-8(11)7-4-5-9(7)6(2)10/h7-8,11H,3-5H2,1-2H3. The first-order valence-corrected chi connectivity index (χ1v) is 4.12. The van der Waals surface area contributed by atoms with Crippen LogP contribution in [0.3, 0.4) is 0 Å². The second-order valence-electron chi connectivity index (χ2n) is 3.04. The Morgan fingerprint density at radius 3 is 2.73 bits per heavy atom. The van der Waals surface area contributed by atoms with Gasteiger partial charge in [-0.15, -0.1) is 0 Å². The van der Waals surface area contributed by atoms with Gasteiger partial charge in [0, 0.05) is 13.5 Å². The molecule has 64 valence electrons. The van der Waals surface area contributed by atoms with Crippen LogP contribution in [0, 0.1) is 0 Å². The number of rotatable bonds is 2. The van der Waals surface area contributed by atoms with E-state index in [0.29, 0.717) is 0 Å². The van der Waals surface area contributed by atoms with Crippen molar-refractivity contribution in [2.24, 2.45) is 0 Å². The summed E-state index contributed by atoms with van der Waals surface area (Å²) >= 11 is 0. The Morgan fingerprint density at radius 2 is 2.45 bits per heavy atom. The van der Waals surface area contributed by atoms with E-state index in [1.165, 1.54) is 0 Å². The molecule has 0 radical (unpaired) electrons. The van der Waals surface area contributed by atoms with Crippen molar-refractivity contribution in [3.05, 3.63) is 0 Å². The molecule has 1 aliphatic heterocycles. The van der Waals surface area contributed by atoms with Gasteiger partial charge in [-0.2, -0.15) is 0 Å². The number of aliphatic hydroxyl groups is 1. The van der Waals surface area contributed by atoms with Gasteiger partial charge in [-0.05, 0) is 12.8 Å². The molecule has 1 aliphatic rings. The molecule has 0 aromatic heterocycles. The summed E-state index contributed by atoms with van der Waals surface area (Å²) in [4.78, 5) is 12.6. The molecule has 1 fully saturated rings. The zero-order valence-electron chi connectivity index (χ0n) is 7.08. The Hall–Kier alpha value is -0.570. The Labute approximate surface area is 67.0 Å². The van der Waals surface area contributed by atoms with Crippen molar-refractivity contribution in [3.8, 4) is 0 Å². The number of aliphatic hydroxyl groups excluding tert-OH is 1. The highest BCUT2D eigenvalue weighted by Gasteiger charge is 2.34. The van der Waals surface area contributed by atoms with Crippen LogP contribution in [-0.4, -0.2) is 34.6 Å². The maximum Gasteiger partial charge on any atom is 0.219 e. The van der Waals surface area contributed by atoms with Crippen LogP contribution in [0.2, 0.25) is 0 Å². The fourth-order valence-corrected chi connectivity index (χ4v) is 1.47. The first-order chi connectivity index (χ1) is 5.16. The molecule has 0 aromatic carbocycles. The number of likely N-dealkylation sites (tertiary alicyclic amines) is 1. The van der Waals surface area contributed by atoms with Gasteiger partial charge < -0.3 is 10.0 Å². The van der Waals surface area contributed by atoms with E-state index >= 15 is 0 Å². The molecule has 1 N–H and O–H groups in total. The van der Waals surface area contributed by atoms with Gasteiger partial charge in [0.2, 0.25) is 5.91 Å². The monoisotopic (exact) mass is 157 g/mol. The third-order valence-corrected chi connectivity index (χ3v) is 2.33. The van der Waals surface area contributed by atoms with Crippen molar-refractivity contribution in [2.45, 2.75) is 38.8 Å². The maximum atomic E-state index is 10.9. The predicted molar refractivity (Wildman–Crippen MR) is 42.1 cm³/mol. The Bertz CT molecular complexity index is 158. The number of carbonyl (C=O) groups is 1. The minimum atomic E-state index is -0.326. The summed E-state index contributed by atoms with van der Waals surface area (Å²) in [5.41, 5.74) is 0. The Balaban J connectivity index is 2.42. The molecule has 2 atom stereocenters. The van der Waals surface area contributed by atoms with E-state index in [-0.39, 0.29) is 18.1 Å². The van der Waals surface area contributed by atoms with Gasteiger partial charge in [0.05, 0.1) is 12.1 Å². The maximum absolute atomic E-state index is 10.9. The fraction of sp³-hybridized carbons (Fsp3) is 0.875. The molecule has 1 rings (SSSR count). The van der Waals surface area contributed by atoms with Crippen LogP contribution in [0.25, 0.3) is 0 Å². The molecule has 1 heterocycles. The molecule has 0 aromatic rings. The lowest BCUT2D eigenvalue weighted by atomic mass is 9.95. The third-order valence-electron chi connectivity index (χ3n) is 2.33. The van der Waals surface area contributed by atoms with E-state index in [9.17, 15) is 9.90 Å². The molecule has 0 aliphatic carbocycles. The minimum absolute atomic E-state index is 0.0775. The van der Waals surface area contributed by atoms with Crippen molar-refractivity contribution in [1.82, 2.24) is 4.90 Å². The number of nitrogens with zero attached hydrogens (tertiary/aromatic N) is 1. The zero-order valence-corrected chi connectivity index (χ0v) is 7.08. The normalized spacial score (nSPS) is 26.1. The number of amides is 1. The summed E-state index contributed by atoms with van der Waals surface area (Å²) in [7, 11) is 0. The molecule has 0 saturated carbocycles. The van der Waals surface area contributed by atoms with E-state index in [4.69, 9.17) is 0 Å². The van der Waals surface area contributed by atoms with Gasteiger partial charge in [0.15, 0.2) is 0 Å². The lowest BCUT2D eigenvalue weighted by Gasteiger charge is -2.42. The van der Waals surface area contributed by atoms with E-state index in [0.717, 1.165) is 19.4 Å². The molecule has 1 amide bonds. The Morgan fingerprint density at radius 1 is 1.82 bits per heavy atom.